The monoisotopic (exact) mass is 227 g/mol. The van der Waals surface area contributed by atoms with Crippen LogP contribution in [-0.2, 0) is 9.59 Å². The van der Waals surface area contributed by atoms with Crippen LogP contribution in [0.5, 0.6) is 0 Å². The van der Waals surface area contributed by atoms with Crippen LogP contribution in [0.4, 0.5) is 0 Å². The van der Waals surface area contributed by atoms with Crippen LogP contribution >= 0.6 is 0 Å². The zero-order chi connectivity index (χ0) is 12.1. The topological polar surface area (TPSA) is 84.2 Å². The molecule has 1 rings (SSSR count). The number of rotatable bonds is 7. The van der Waals surface area contributed by atoms with Crippen molar-refractivity contribution in [2.24, 2.45) is 11.7 Å². The summed E-state index contributed by atoms with van der Waals surface area (Å²) in [6.45, 7) is 4.34. The molecule has 2 amide bonds. The van der Waals surface area contributed by atoms with E-state index in [0.29, 0.717) is 19.0 Å². The minimum Gasteiger partial charge on any atom is -0.368 e. The van der Waals surface area contributed by atoms with Crippen molar-refractivity contribution in [3.05, 3.63) is 0 Å². The molecule has 0 aliphatic heterocycles. The van der Waals surface area contributed by atoms with Gasteiger partial charge < -0.3 is 16.4 Å². The van der Waals surface area contributed by atoms with Gasteiger partial charge in [-0.1, -0.05) is 13.8 Å². The van der Waals surface area contributed by atoms with Gasteiger partial charge in [0.1, 0.15) is 0 Å². The average molecular weight is 227 g/mol. The van der Waals surface area contributed by atoms with Crippen LogP contribution < -0.4 is 16.4 Å². The zero-order valence-electron chi connectivity index (χ0n) is 9.95. The molecule has 92 valence electrons. The molecule has 1 unspecified atom stereocenters. The Morgan fingerprint density at radius 3 is 2.44 bits per heavy atom. The van der Waals surface area contributed by atoms with Crippen molar-refractivity contribution in [2.75, 3.05) is 6.54 Å². The van der Waals surface area contributed by atoms with Gasteiger partial charge in [0.25, 0.3) is 0 Å². The number of carbonyl (C=O) groups is 2. The van der Waals surface area contributed by atoms with Gasteiger partial charge in [-0.2, -0.15) is 0 Å². The molecule has 5 nitrogen and oxygen atoms in total. The third-order valence-electron chi connectivity index (χ3n) is 2.63. The minimum absolute atomic E-state index is 0.0435. The highest BCUT2D eigenvalue weighted by molar-refractivity contribution is 5.80. The van der Waals surface area contributed by atoms with Crippen LogP contribution in [0.3, 0.4) is 0 Å². The summed E-state index contributed by atoms with van der Waals surface area (Å²) < 4.78 is 0. The van der Waals surface area contributed by atoms with Crippen molar-refractivity contribution in [1.29, 1.82) is 0 Å². The van der Waals surface area contributed by atoms with Gasteiger partial charge in [0.15, 0.2) is 0 Å². The molecule has 0 aromatic rings. The highest BCUT2D eigenvalue weighted by atomic mass is 16.2. The second-order valence-electron chi connectivity index (χ2n) is 4.67. The number of nitrogens with one attached hydrogen (secondary N) is 2. The van der Waals surface area contributed by atoms with Crippen molar-refractivity contribution >= 4 is 11.8 Å². The summed E-state index contributed by atoms with van der Waals surface area (Å²) in [5.74, 6) is -0.177. The van der Waals surface area contributed by atoms with Crippen LogP contribution in [-0.4, -0.2) is 30.4 Å². The van der Waals surface area contributed by atoms with E-state index in [-0.39, 0.29) is 23.8 Å². The number of nitrogens with two attached hydrogens (primary N) is 1. The second-order valence-corrected chi connectivity index (χ2v) is 4.67. The molecule has 1 saturated carbocycles. The maximum Gasteiger partial charge on any atom is 0.234 e. The first-order valence-electron chi connectivity index (χ1n) is 5.82. The number of carbonyl (C=O) groups excluding carboxylic acids is 2. The summed E-state index contributed by atoms with van der Waals surface area (Å²) in [5, 5.41) is 5.90. The smallest absolute Gasteiger partial charge is 0.234 e. The number of primary amides is 1. The molecule has 16 heavy (non-hydrogen) atoms. The molecule has 1 aliphatic carbocycles. The van der Waals surface area contributed by atoms with E-state index < -0.39 is 0 Å². The Morgan fingerprint density at radius 1 is 1.38 bits per heavy atom. The lowest BCUT2D eigenvalue weighted by atomic mass is 10.0. The largest absolute Gasteiger partial charge is 0.368 e. The second kappa shape index (κ2) is 5.84. The first kappa shape index (κ1) is 13.0. The highest BCUT2D eigenvalue weighted by Crippen LogP contribution is 2.18. The summed E-state index contributed by atoms with van der Waals surface area (Å²) in [7, 11) is 0. The maximum atomic E-state index is 11.3. The van der Waals surface area contributed by atoms with E-state index >= 15 is 0 Å². The van der Waals surface area contributed by atoms with Crippen molar-refractivity contribution in [3.63, 3.8) is 0 Å². The van der Waals surface area contributed by atoms with E-state index in [4.69, 9.17) is 5.73 Å². The quantitative estimate of drug-likeness (QED) is 0.561. The Kier molecular flexibility index (Phi) is 4.73. The van der Waals surface area contributed by atoms with Crippen molar-refractivity contribution < 1.29 is 9.59 Å². The molecule has 0 saturated heterocycles. The van der Waals surface area contributed by atoms with Gasteiger partial charge >= 0.3 is 0 Å². The van der Waals surface area contributed by atoms with Gasteiger partial charge in [-0.15, -0.1) is 0 Å². The Labute approximate surface area is 96.1 Å². The number of hydrogen-bond donors (Lipinski definition) is 3. The lowest BCUT2D eigenvalue weighted by molar-refractivity contribution is -0.123. The SMILES string of the molecule is CC(C)C(NCCC(=O)NC1CC1)C(N)=O. The first-order chi connectivity index (χ1) is 7.50. The van der Waals surface area contributed by atoms with Crippen LogP contribution in [0.15, 0.2) is 0 Å². The van der Waals surface area contributed by atoms with Gasteiger partial charge in [-0.25, -0.2) is 0 Å². The van der Waals surface area contributed by atoms with Crippen molar-refractivity contribution in [1.82, 2.24) is 10.6 Å². The van der Waals surface area contributed by atoms with E-state index in [1.54, 1.807) is 0 Å². The lowest BCUT2D eigenvalue weighted by Crippen LogP contribution is -2.46. The molecule has 0 radical (unpaired) electrons. The van der Waals surface area contributed by atoms with Gasteiger partial charge in [0.2, 0.25) is 11.8 Å². The average Bonchev–Trinajstić information content (AvgIpc) is 2.94. The zero-order valence-corrected chi connectivity index (χ0v) is 9.95. The van der Waals surface area contributed by atoms with Crippen LogP contribution in [0.2, 0.25) is 0 Å². The molecule has 0 aromatic carbocycles. The van der Waals surface area contributed by atoms with Gasteiger partial charge in [0, 0.05) is 19.0 Å². The van der Waals surface area contributed by atoms with Gasteiger partial charge in [-0.05, 0) is 18.8 Å². The standard InChI is InChI=1S/C11H21N3O2/c1-7(2)10(11(12)16)13-6-5-9(15)14-8-3-4-8/h7-8,10,13H,3-6H2,1-2H3,(H2,12,16)(H,14,15). The summed E-state index contributed by atoms with van der Waals surface area (Å²) in [5.41, 5.74) is 5.24. The molecule has 5 heteroatoms. The third kappa shape index (κ3) is 4.61. The van der Waals surface area contributed by atoms with Crippen LogP contribution in [0, 0.1) is 5.92 Å². The van der Waals surface area contributed by atoms with Crippen LogP contribution in [0.1, 0.15) is 33.1 Å². The highest BCUT2D eigenvalue weighted by Gasteiger charge is 2.23. The molecule has 0 spiro atoms. The molecular formula is C11H21N3O2. The van der Waals surface area contributed by atoms with Gasteiger partial charge in [0.05, 0.1) is 6.04 Å². The molecular weight excluding hydrogens is 206 g/mol. The van der Waals surface area contributed by atoms with Crippen LogP contribution in [0.25, 0.3) is 0 Å². The predicted octanol–water partition coefficient (Wildman–Crippen LogP) is -0.245. The third-order valence-corrected chi connectivity index (χ3v) is 2.63. The fourth-order valence-electron chi connectivity index (χ4n) is 1.53. The summed E-state index contributed by atoms with van der Waals surface area (Å²) in [6.07, 6.45) is 2.58. The van der Waals surface area contributed by atoms with Gasteiger partial charge in [-0.3, -0.25) is 9.59 Å². The minimum atomic E-state index is -0.363. The Morgan fingerprint density at radius 2 is 2.00 bits per heavy atom. The number of hydrogen-bond acceptors (Lipinski definition) is 3. The van der Waals surface area contributed by atoms with E-state index in [1.165, 1.54) is 0 Å². The molecule has 0 heterocycles. The van der Waals surface area contributed by atoms with E-state index in [9.17, 15) is 9.59 Å². The molecule has 1 aliphatic rings. The fourth-order valence-corrected chi connectivity index (χ4v) is 1.53. The summed E-state index contributed by atoms with van der Waals surface area (Å²) in [4.78, 5) is 22.4. The van der Waals surface area contributed by atoms with Crippen molar-refractivity contribution in [3.8, 4) is 0 Å². The van der Waals surface area contributed by atoms with Crippen molar-refractivity contribution in [2.45, 2.75) is 45.2 Å². The molecule has 1 atom stereocenters. The predicted molar refractivity (Wildman–Crippen MR) is 61.6 cm³/mol. The van der Waals surface area contributed by atoms with E-state index in [0.717, 1.165) is 12.8 Å². The Hall–Kier alpha value is -1.10. The molecule has 4 N–H and O–H groups in total. The molecule has 0 bridgehead atoms. The lowest BCUT2D eigenvalue weighted by Gasteiger charge is -2.18. The van der Waals surface area contributed by atoms with E-state index in [1.807, 2.05) is 13.8 Å². The fraction of sp³-hybridized carbons (Fsp3) is 0.818. The normalized spacial score (nSPS) is 17.2. The molecule has 1 fully saturated rings. The first-order valence-corrected chi connectivity index (χ1v) is 5.82. The summed E-state index contributed by atoms with van der Waals surface area (Å²) in [6, 6.07) is 0.0401. The Bertz CT molecular complexity index is 262. The number of amides is 2. The molecule has 0 aromatic heterocycles. The maximum absolute atomic E-state index is 11.3. The summed E-state index contributed by atoms with van der Waals surface area (Å²) >= 11 is 0. The Balaban J connectivity index is 2.16. The van der Waals surface area contributed by atoms with E-state index in [2.05, 4.69) is 10.6 Å².